The van der Waals surface area contributed by atoms with Gasteiger partial charge in [-0.2, -0.15) is 0 Å². The molecule has 0 saturated carbocycles. The summed E-state index contributed by atoms with van der Waals surface area (Å²) in [5, 5.41) is 4.08. The van der Waals surface area contributed by atoms with Gasteiger partial charge < -0.3 is 20.1 Å². The van der Waals surface area contributed by atoms with Crippen molar-refractivity contribution in [3.8, 4) is 0 Å². The molecule has 0 radical (unpaired) electrons. The fraction of sp³-hybridized carbons (Fsp3) is 0.464. The lowest BCUT2D eigenvalue weighted by Gasteiger charge is -2.40. The third-order valence-electron chi connectivity index (χ3n) is 7.84. The lowest BCUT2D eigenvalue weighted by atomic mass is 9.79. The number of carbonyl (C=O) groups excluding carboxylic acids is 2. The Morgan fingerprint density at radius 3 is 2.49 bits per heavy atom. The number of hydrogen-bond acceptors (Lipinski definition) is 4. The van der Waals surface area contributed by atoms with Crippen LogP contribution in [0.15, 0.2) is 54.9 Å². The highest BCUT2D eigenvalue weighted by Crippen LogP contribution is 2.32. The van der Waals surface area contributed by atoms with E-state index in [1.807, 2.05) is 47.5 Å². The van der Waals surface area contributed by atoms with Gasteiger partial charge in [0.2, 0.25) is 5.91 Å². The quantitative estimate of drug-likeness (QED) is 0.574. The molecule has 7 nitrogen and oxygen atoms in total. The van der Waals surface area contributed by atoms with Gasteiger partial charge in [0.05, 0.1) is 0 Å². The zero-order chi connectivity index (χ0) is 24.2. The Balaban J connectivity index is 1.26. The van der Waals surface area contributed by atoms with Crippen molar-refractivity contribution in [1.82, 2.24) is 25.1 Å². The topological polar surface area (TPSA) is 81.3 Å². The van der Waals surface area contributed by atoms with Gasteiger partial charge in [-0.25, -0.2) is 0 Å². The molecular weight excluding hydrogens is 438 g/mol. The van der Waals surface area contributed by atoms with Crippen molar-refractivity contribution in [2.24, 2.45) is 11.8 Å². The van der Waals surface area contributed by atoms with Crippen molar-refractivity contribution in [3.63, 3.8) is 0 Å². The minimum Gasteiger partial charge on any atom is -0.361 e. The summed E-state index contributed by atoms with van der Waals surface area (Å²) >= 11 is 0. The van der Waals surface area contributed by atoms with E-state index in [0.29, 0.717) is 17.9 Å². The first kappa shape index (κ1) is 23.5. The van der Waals surface area contributed by atoms with E-state index in [4.69, 9.17) is 0 Å². The van der Waals surface area contributed by atoms with Crippen molar-refractivity contribution >= 4 is 22.7 Å². The molecule has 2 aliphatic rings. The molecule has 2 N–H and O–H groups in total. The van der Waals surface area contributed by atoms with Crippen LogP contribution in [-0.4, -0.2) is 70.9 Å². The highest BCUT2D eigenvalue weighted by molar-refractivity contribution is 6.00. The molecule has 184 valence electrons. The predicted molar refractivity (Wildman–Crippen MR) is 137 cm³/mol. The van der Waals surface area contributed by atoms with Crippen LogP contribution >= 0.6 is 0 Å². The number of likely N-dealkylation sites (tertiary alicyclic amines) is 2. The molecule has 2 aliphatic heterocycles. The van der Waals surface area contributed by atoms with E-state index in [1.165, 1.54) is 25.9 Å². The maximum Gasteiger partial charge on any atom is 0.252 e. The molecule has 2 saturated heterocycles. The summed E-state index contributed by atoms with van der Waals surface area (Å²) in [6.07, 6.45) is 8.59. The smallest absolute Gasteiger partial charge is 0.252 e. The van der Waals surface area contributed by atoms with E-state index in [1.54, 1.807) is 12.3 Å². The average molecular weight is 474 g/mol. The number of H-pyrrole nitrogens is 1. The van der Waals surface area contributed by atoms with Gasteiger partial charge in [-0.3, -0.25) is 14.6 Å². The molecule has 0 unspecified atom stereocenters. The lowest BCUT2D eigenvalue weighted by Crippen LogP contribution is -2.52. The Bertz CT molecular complexity index is 1140. The Morgan fingerprint density at radius 1 is 1.03 bits per heavy atom. The van der Waals surface area contributed by atoms with E-state index in [9.17, 15) is 9.59 Å². The third-order valence-corrected chi connectivity index (χ3v) is 7.84. The van der Waals surface area contributed by atoms with Gasteiger partial charge in [0.15, 0.2) is 0 Å². The molecule has 35 heavy (non-hydrogen) atoms. The highest BCUT2D eigenvalue weighted by Gasteiger charge is 2.33. The Labute approximate surface area is 206 Å². The van der Waals surface area contributed by atoms with Gasteiger partial charge in [-0.15, -0.1) is 0 Å². The third kappa shape index (κ3) is 5.56. The SMILES string of the molecule is CN1CCC(C2CCN(C(=O)[C@@H](Cc3ccccn3)NC(=O)c3ccc4cc[nH]c4c3)CC2)CC1. The number of benzene rings is 1. The fourth-order valence-electron chi connectivity index (χ4n) is 5.67. The average Bonchev–Trinajstić information content (AvgIpc) is 3.37. The summed E-state index contributed by atoms with van der Waals surface area (Å²) in [6.45, 7) is 3.88. The molecule has 7 heteroatoms. The number of carbonyl (C=O) groups is 2. The maximum atomic E-state index is 13.6. The van der Waals surface area contributed by atoms with Crippen molar-refractivity contribution in [3.05, 3.63) is 66.1 Å². The summed E-state index contributed by atoms with van der Waals surface area (Å²) in [6, 6.07) is 12.6. The van der Waals surface area contributed by atoms with E-state index >= 15 is 0 Å². The molecule has 3 aromatic rings. The van der Waals surface area contributed by atoms with E-state index in [-0.39, 0.29) is 11.8 Å². The molecule has 0 aliphatic carbocycles. The number of amides is 2. The summed E-state index contributed by atoms with van der Waals surface area (Å²) in [5.41, 5.74) is 2.24. The normalized spacial score (nSPS) is 19.1. The molecule has 1 atom stereocenters. The van der Waals surface area contributed by atoms with Crippen LogP contribution in [0.2, 0.25) is 0 Å². The minimum atomic E-state index is -0.642. The molecular formula is C28H35N5O2. The number of aromatic amines is 1. The van der Waals surface area contributed by atoms with Crippen LogP contribution in [0.3, 0.4) is 0 Å². The first-order valence-corrected chi connectivity index (χ1v) is 12.8. The second-order valence-electron chi connectivity index (χ2n) is 10.1. The summed E-state index contributed by atoms with van der Waals surface area (Å²) in [5.74, 6) is 1.23. The number of hydrogen-bond donors (Lipinski definition) is 2. The van der Waals surface area contributed by atoms with Crippen LogP contribution < -0.4 is 5.32 Å². The Kier molecular flexibility index (Phi) is 7.13. The second-order valence-corrected chi connectivity index (χ2v) is 10.1. The van der Waals surface area contributed by atoms with Crippen LogP contribution in [0, 0.1) is 11.8 Å². The number of piperidine rings is 2. The Hall–Kier alpha value is -3.19. The predicted octanol–water partition coefficient (Wildman–Crippen LogP) is 3.48. The van der Waals surface area contributed by atoms with Crippen molar-refractivity contribution in [2.45, 2.75) is 38.1 Å². The Morgan fingerprint density at radius 2 is 1.77 bits per heavy atom. The number of rotatable bonds is 6. The first-order chi connectivity index (χ1) is 17.1. The van der Waals surface area contributed by atoms with Gasteiger partial charge in [0.1, 0.15) is 6.04 Å². The highest BCUT2D eigenvalue weighted by atomic mass is 16.2. The summed E-state index contributed by atoms with van der Waals surface area (Å²) in [7, 11) is 2.20. The molecule has 2 fully saturated rings. The van der Waals surface area contributed by atoms with Crippen LogP contribution in [0.25, 0.3) is 10.9 Å². The second kappa shape index (κ2) is 10.6. The van der Waals surface area contributed by atoms with Gasteiger partial charge >= 0.3 is 0 Å². The lowest BCUT2D eigenvalue weighted by molar-refractivity contribution is -0.135. The summed E-state index contributed by atoms with van der Waals surface area (Å²) < 4.78 is 0. The fourth-order valence-corrected chi connectivity index (χ4v) is 5.67. The number of nitrogens with one attached hydrogen (secondary N) is 2. The van der Waals surface area contributed by atoms with Crippen LogP contribution in [0.4, 0.5) is 0 Å². The molecule has 5 rings (SSSR count). The molecule has 0 spiro atoms. The van der Waals surface area contributed by atoms with Crippen molar-refractivity contribution in [1.29, 1.82) is 0 Å². The van der Waals surface area contributed by atoms with Gasteiger partial charge in [0.25, 0.3) is 5.91 Å². The van der Waals surface area contributed by atoms with Crippen molar-refractivity contribution < 1.29 is 9.59 Å². The maximum absolute atomic E-state index is 13.6. The van der Waals surface area contributed by atoms with Gasteiger partial charge in [-0.1, -0.05) is 12.1 Å². The van der Waals surface area contributed by atoms with E-state index in [2.05, 4.69) is 27.2 Å². The first-order valence-electron chi connectivity index (χ1n) is 12.8. The number of pyridine rings is 1. The zero-order valence-electron chi connectivity index (χ0n) is 20.5. The molecule has 2 aromatic heterocycles. The number of fused-ring (bicyclic) bond motifs is 1. The van der Waals surface area contributed by atoms with Crippen molar-refractivity contribution in [2.75, 3.05) is 33.2 Å². The molecule has 4 heterocycles. The molecule has 0 bridgehead atoms. The van der Waals surface area contributed by atoms with E-state index < -0.39 is 6.04 Å². The largest absolute Gasteiger partial charge is 0.361 e. The molecule has 2 amide bonds. The minimum absolute atomic E-state index is 0.00761. The van der Waals surface area contributed by atoms with Gasteiger partial charge in [0, 0.05) is 48.7 Å². The van der Waals surface area contributed by atoms with Crippen LogP contribution in [0.1, 0.15) is 41.7 Å². The standard InChI is InChI=1S/C28H35N5O2/c1-32-14-8-20(9-15-32)21-10-16-33(17-11-21)28(35)26(19-24-4-2-3-12-29-24)31-27(34)23-6-5-22-7-13-30-25(22)18-23/h2-7,12-13,18,20-21,26,30H,8-11,14-17,19H2,1H3,(H,31,34)/t26-/m1/s1. The van der Waals surface area contributed by atoms with Crippen LogP contribution in [-0.2, 0) is 11.2 Å². The monoisotopic (exact) mass is 473 g/mol. The summed E-state index contributed by atoms with van der Waals surface area (Å²) in [4.78, 5) is 38.7. The zero-order valence-corrected chi connectivity index (χ0v) is 20.5. The van der Waals surface area contributed by atoms with Crippen LogP contribution in [0.5, 0.6) is 0 Å². The van der Waals surface area contributed by atoms with E-state index in [0.717, 1.165) is 48.4 Å². The number of nitrogens with zero attached hydrogens (tertiary/aromatic N) is 3. The van der Waals surface area contributed by atoms with Gasteiger partial charge in [-0.05, 0) is 93.4 Å². The number of aromatic nitrogens is 2. The molecule has 1 aromatic carbocycles.